The van der Waals surface area contributed by atoms with Crippen molar-refractivity contribution in [2.45, 2.75) is 61.4 Å². The molecule has 0 aromatic heterocycles. The number of unbranched alkanes of at least 4 members (excludes halogenated alkanes) is 1. The van der Waals surface area contributed by atoms with Gasteiger partial charge in [0.2, 0.25) is 26.0 Å². The van der Waals surface area contributed by atoms with Crippen molar-refractivity contribution in [1.82, 2.24) is 14.3 Å². The fraction of sp³-hybridized carbons (Fsp3) is 0.333. The Bertz CT molecular complexity index is 1880. The van der Waals surface area contributed by atoms with Gasteiger partial charge in [-0.15, -0.1) is 0 Å². The van der Waals surface area contributed by atoms with Crippen LogP contribution in [0.5, 0.6) is 0 Å². The number of benzene rings is 4. The fourth-order valence-electron chi connectivity index (χ4n) is 5.39. The fourth-order valence-corrected chi connectivity index (χ4v) is 8.42. The number of amides is 1. The average Bonchev–Trinajstić information content (AvgIpc) is 3.10. The molecule has 0 unspecified atom stereocenters. The van der Waals surface area contributed by atoms with E-state index in [0.29, 0.717) is 24.9 Å². The first-order valence-electron chi connectivity index (χ1n) is 16.0. The monoisotopic (exact) mass is 707 g/mol. The summed E-state index contributed by atoms with van der Waals surface area (Å²) in [7, 11) is -7.88. The van der Waals surface area contributed by atoms with Crippen LogP contribution in [-0.4, -0.2) is 63.9 Å². The summed E-state index contributed by atoms with van der Waals surface area (Å²) in [5, 5.41) is 21.6. The van der Waals surface area contributed by atoms with E-state index >= 15 is 0 Å². The molecule has 4 aromatic carbocycles. The molecule has 0 heterocycles. The summed E-state index contributed by atoms with van der Waals surface area (Å²) >= 11 is 0. The number of carbonyl (C=O) groups is 1. The van der Waals surface area contributed by atoms with Gasteiger partial charge in [0.05, 0.1) is 16.4 Å². The number of nitrogens with zero attached hydrogens (tertiary/aromatic N) is 2. The van der Waals surface area contributed by atoms with E-state index < -0.39 is 38.0 Å². The van der Waals surface area contributed by atoms with Crippen molar-refractivity contribution < 1.29 is 26.7 Å². The van der Waals surface area contributed by atoms with Gasteiger partial charge in [0, 0.05) is 31.4 Å². The van der Waals surface area contributed by atoms with Gasteiger partial charge in [-0.1, -0.05) is 80.9 Å². The predicted octanol–water partition coefficient (Wildman–Crippen LogP) is 4.45. The van der Waals surface area contributed by atoms with E-state index in [4.69, 9.17) is 11.0 Å². The molecule has 49 heavy (non-hydrogen) atoms. The van der Waals surface area contributed by atoms with Crippen molar-refractivity contribution in [3.63, 3.8) is 0 Å². The zero-order valence-electron chi connectivity index (χ0n) is 27.8. The van der Waals surface area contributed by atoms with Crippen LogP contribution >= 0.6 is 0 Å². The molecule has 4 aromatic rings. The summed E-state index contributed by atoms with van der Waals surface area (Å²) < 4.78 is 57.4. The van der Waals surface area contributed by atoms with Gasteiger partial charge in [-0.3, -0.25) is 4.79 Å². The minimum Gasteiger partial charge on any atom is -0.399 e. The first-order valence-corrected chi connectivity index (χ1v) is 18.9. The molecular weight excluding hydrogens is 663 g/mol. The summed E-state index contributed by atoms with van der Waals surface area (Å²) in [5.74, 6) is -0.449. The number of rotatable bonds is 17. The summed E-state index contributed by atoms with van der Waals surface area (Å²) in [6.07, 6.45) is 1.52. The smallest absolute Gasteiger partial charge is 0.243 e. The van der Waals surface area contributed by atoms with Crippen LogP contribution in [0.15, 0.2) is 107 Å². The van der Waals surface area contributed by atoms with E-state index in [9.17, 15) is 26.7 Å². The van der Waals surface area contributed by atoms with Gasteiger partial charge < -0.3 is 16.2 Å². The Morgan fingerprint density at radius 3 is 2.12 bits per heavy atom. The zero-order valence-corrected chi connectivity index (χ0v) is 29.4. The topological polar surface area (TPSA) is 183 Å². The maximum atomic E-state index is 13.5. The number of aliphatic hydroxyl groups excluding tert-OH is 1. The highest BCUT2D eigenvalue weighted by molar-refractivity contribution is 7.89. The van der Waals surface area contributed by atoms with Crippen LogP contribution in [-0.2, 0) is 31.3 Å². The molecule has 11 nitrogen and oxygen atoms in total. The molecule has 13 heteroatoms. The number of fused-ring (bicyclic) bond motifs is 1. The first-order chi connectivity index (χ1) is 23.4. The number of nitrogens with two attached hydrogens (primary N) is 1. The molecule has 1 amide bonds. The third-order valence-electron chi connectivity index (χ3n) is 7.83. The number of anilines is 1. The number of nitriles is 1. The Morgan fingerprint density at radius 1 is 0.857 bits per heavy atom. The number of aliphatic hydroxyl groups is 1. The minimum atomic E-state index is -3.98. The Balaban J connectivity index is 0.00000319. The van der Waals surface area contributed by atoms with Crippen molar-refractivity contribution in [1.29, 1.82) is 5.26 Å². The van der Waals surface area contributed by atoms with Crippen LogP contribution in [0.1, 0.15) is 38.7 Å². The first kappa shape index (κ1) is 39.1. The summed E-state index contributed by atoms with van der Waals surface area (Å²) in [4.78, 5) is 13.6. The second-order valence-electron chi connectivity index (χ2n) is 12.0. The van der Waals surface area contributed by atoms with Gasteiger partial charge in [-0.2, -0.15) is 9.03 Å². The standard InChI is InChI=1S/C35H44N4O6S2.CHN/c1-26(2)24-39(47(44,45)33-19-17-30(36)18-20-33)31(25-40)12-8-9-21-37-35(41)34(38-46(42,43)32-13-4-3-5-14-32)23-27-15-16-28-10-6-7-11-29(28)22-27;1-2/h3-7,10-11,13-20,22,26,31,34,38,40H,8-9,12,21,23-25,36H2,1-2H3,(H,37,41);1H/t31-,34-;/m0./s1. The van der Waals surface area contributed by atoms with E-state index in [-0.39, 0.29) is 41.8 Å². The van der Waals surface area contributed by atoms with E-state index in [0.717, 1.165) is 16.3 Å². The summed E-state index contributed by atoms with van der Waals surface area (Å²) in [5.41, 5.74) is 7.00. The second-order valence-corrected chi connectivity index (χ2v) is 15.6. The molecule has 0 fully saturated rings. The zero-order chi connectivity index (χ0) is 36.0. The van der Waals surface area contributed by atoms with Gasteiger partial charge >= 0.3 is 0 Å². The molecule has 0 aliphatic rings. The molecule has 4 rings (SSSR count). The number of hydrogen-bond acceptors (Lipinski definition) is 8. The third kappa shape index (κ3) is 11.1. The maximum Gasteiger partial charge on any atom is 0.243 e. The normalized spacial score (nSPS) is 13.0. The van der Waals surface area contributed by atoms with Gasteiger partial charge in [0.25, 0.3) is 0 Å². The van der Waals surface area contributed by atoms with Crippen molar-refractivity contribution >= 4 is 42.4 Å². The molecule has 0 saturated heterocycles. The third-order valence-corrected chi connectivity index (χ3v) is 11.3. The lowest BCUT2D eigenvalue weighted by Crippen LogP contribution is -2.48. The number of carbonyl (C=O) groups excluding carboxylic acids is 1. The van der Waals surface area contributed by atoms with Gasteiger partial charge in [-0.05, 0) is 77.9 Å². The quantitative estimate of drug-likeness (QED) is 0.0917. The van der Waals surface area contributed by atoms with E-state index in [2.05, 4.69) is 16.6 Å². The van der Waals surface area contributed by atoms with Crippen LogP contribution in [0.2, 0.25) is 0 Å². The largest absolute Gasteiger partial charge is 0.399 e. The summed E-state index contributed by atoms with van der Waals surface area (Å²) in [6.45, 7) is 7.44. The SMILES string of the molecule is C#N.CC(C)CN([C@H](CO)CCCCNC(=O)[C@H](Cc1ccc2ccccc2c1)NS(=O)(=O)c1ccccc1)S(=O)(=O)c1ccc(N)cc1. The van der Waals surface area contributed by atoms with E-state index in [1.807, 2.05) is 56.3 Å². The highest BCUT2D eigenvalue weighted by atomic mass is 32.2. The number of sulfonamides is 2. The minimum absolute atomic E-state index is 0.0195. The van der Waals surface area contributed by atoms with Crippen molar-refractivity contribution in [2.24, 2.45) is 5.92 Å². The second kappa shape index (κ2) is 18.4. The lowest BCUT2D eigenvalue weighted by molar-refractivity contribution is -0.122. The van der Waals surface area contributed by atoms with Gasteiger partial charge in [0.1, 0.15) is 6.04 Å². The van der Waals surface area contributed by atoms with Crippen LogP contribution in [0.4, 0.5) is 5.69 Å². The molecule has 5 N–H and O–H groups in total. The van der Waals surface area contributed by atoms with Gasteiger partial charge in [0.15, 0.2) is 0 Å². The molecule has 0 aliphatic carbocycles. The Labute approximate surface area is 289 Å². The van der Waals surface area contributed by atoms with Crippen LogP contribution in [0, 0.1) is 17.8 Å². The molecule has 0 saturated carbocycles. The van der Waals surface area contributed by atoms with Crippen molar-refractivity contribution in [2.75, 3.05) is 25.4 Å². The van der Waals surface area contributed by atoms with Crippen molar-refractivity contribution in [3.05, 3.63) is 103 Å². The molecular formula is C36H45N5O6S2. The lowest BCUT2D eigenvalue weighted by Gasteiger charge is -2.31. The molecule has 0 radical (unpaired) electrons. The number of nitrogen functional groups attached to an aromatic ring is 1. The predicted molar refractivity (Wildman–Crippen MR) is 192 cm³/mol. The van der Waals surface area contributed by atoms with E-state index in [1.54, 1.807) is 18.2 Å². The average molecular weight is 708 g/mol. The van der Waals surface area contributed by atoms with E-state index in [1.165, 1.54) is 40.7 Å². The Kier molecular flexibility index (Phi) is 14.7. The molecule has 0 spiro atoms. The number of hydrogen-bond donors (Lipinski definition) is 4. The molecule has 0 bridgehead atoms. The molecule has 2 atom stereocenters. The number of nitrogens with one attached hydrogen (secondary N) is 2. The Morgan fingerprint density at radius 2 is 1.49 bits per heavy atom. The Hall–Kier alpha value is -4.32. The highest BCUT2D eigenvalue weighted by Crippen LogP contribution is 2.23. The molecule has 0 aliphatic heterocycles. The summed E-state index contributed by atoms with van der Waals surface area (Å²) in [6, 6.07) is 25.7. The van der Waals surface area contributed by atoms with Crippen LogP contribution in [0.3, 0.4) is 0 Å². The highest BCUT2D eigenvalue weighted by Gasteiger charge is 2.32. The maximum absolute atomic E-state index is 13.5. The lowest BCUT2D eigenvalue weighted by atomic mass is 10.0. The van der Waals surface area contributed by atoms with Crippen molar-refractivity contribution in [3.8, 4) is 6.57 Å². The molecule has 262 valence electrons. The van der Waals surface area contributed by atoms with Gasteiger partial charge in [-0.25, -0.2) is 22.1 Å². The van der Waals surface area contributed by atoms with Crippen LogP contribution < -0.4 is 15.8 Å². The van der Waals surface area contributed by atoms with Crippen LogP contribution in [0.25, 0.3) is 10.8 Å².